The van der Waals surface area contributed by atoms with Gasteiger partial charge in [-0.05, 0) is 19.2 Å². The van der Waals surface area contributed by atoms with Gasteiger partial charge < -0.3 is 10.4 Å². The summed E-state index contributed by atoms with van der Waals surface area (Å²) in [7, 11) is 1.69. The number of hydrogen-bond donors (Lipinski definition) is 2. The molecule has 0 heterocycles. The normalized spacial score (nSPS) is 12.5. The number of aliphatic hydroxyl groups is 1. The van der Waals surface area contributed by atoms with Crippen LogP contribution in [0.25, 0.3) is 0 Å². The minimum atomic E-state index is -0.971. The van der Waals surface area contributed by atoms with E-state index in [1.807, 2.05) is 0 Å². The smallest absolute Gasteiger partial charge is 0.192 e. The SMILES string of the molecule is CNCC(O)C(=O)c1ccc(Br)cc1. The lowest BCUT2D eigenvalue weighted by Gasteiger charge is -2.08. The van der Waals surface area contributed by atoms with E-state index >= 15 is 0 Å². The van der Waals surface area contributed by atoms with Gasteiger partial charge in [0.05, 0.1) is 0 Å². The highest BCUT2D eigenvalue weighted by Crippen LogP contribution is 2.11. The first-order valence-electron chi connectivity index (χ1n) is 4.27. The Hall–Kier alpha value is -0.710. The number of aliphatic hydroxyl groups excluding tert-OH is 1. The Morgan fingerprint density at radius 3 is 2.57 bits per heavy atom. The van der Waals surface area contributed by atoms with Crippen LogP contribution in [0.5, 0.6) is 0 Å². The van der Waals surface area contributed by atoms with Crippen LogP contribution in [0.1, 0.15) is 10.4 Å². The zero-order chi connectivity index (χ0) is 10.6. The largest absolute Gasteiger partial charge is 0.384 e. The van der Waals surface area contributed by atoms with Gasteiger partial charge in [0.15, 0.2) is 5.78 Å². The number of nitrogens with one attached hydrogen (secondary N) is 1. The molecule has 1 unspecified atom stereocenters. The zero-order valence-corrected chi connectivity index (χ0v) is 9.41. The van der Waals surface area contributed by atoms with Gasteiger partial charge in [-0.25, -0.2) is 0 Å². The number of likely N-dealkylation sites (N-methyl/N-ethyl adjacent to an activating group) is 1. The van der Waals surface area contributed by atoms with Gasteiger partial charge in [0.1, 0.15) is 6.10 Å². The van der Waals surface area contributed by atoms with Crippen molar-refractivity contribution in [1.82, 2.24) is 5.32 Å². The summed E-state index contributed by atoms with van der Waals surface area (Å²) in [6, 6.07) is 6.93. The molecule has 0 aliphatic heterocycles. The Kier molecular flexibility index (Phi) is 4.25. The van der Waals surface area contributed by atoms with E-state index < -0.39 is 6.10 Å². The van der Waals surface area contributed by atoms with Crippen molar-refractivity contribution in [3.63, 3.8) is 0 Å². The van der Waals surface area contributed by atoms with E-state index in [1.165, 1.54) is 0 Å². The van der Waals surface area contributed by atoms with Crippen molar-refractivity contribution in [1.29, 1.82) is 0 Å². The molecule has 14 heavy (non-hydrogen) atoms. The first kappa shape index (κ1) is 11.4. The Balaban J connectivity index is 2.74. The highest BCUT2D eigenvalue weighted by atomic mass is 79.9. The van der Waals surface area contributed by atoms with E-state index in [0.29, 0.717) is 5.56 Å². The molecule has 1 rings (SSSR count). The predicted molar refractivity (Wildman–Crippen MR) is 58.4 cm³/mol. The van der Waals surface area contributed by atoms with E-state index in [9.17, 15) is 9.90 Å². The zero-order valence-electron chi connectivity index (χ0n) is 7.83. The Bertz CT molecular complexity index is 310. The van der Waals surface area contributed by atoms with Crippen LogP contribution in [0.4, 0.5) is 0 Å². The number of benzene rings is 1. The van der Waals surface area contributed by atoms with E-state index in [2.05, 4.69) is 21.2 Å². The van der Waals surface area contributed by atoms with Crippen molar-refractivity contribution in [3.05, 3.63) is 34.3 Å². The summed E-state index contributed by atoms with van der Waals surface area (Å²) in [5.41, 5.74) is 0.524. The van der Waals surface area contributed by atoms with Crippen molar-refractivity contribution in [2.24, 2.45) is 0 Å². The molecule has 0 radical (unpaired) electrons. The minimum Gasteiger partial charge on any atom is -0.384 e. The monoisotopic (exact) mass is 257 g/mol. The fraction of sp³-hybridized carbons (Fsp3) is 0.300. The van der Waals surface area contributed by atoms with E-state index in [1.54, 1.807) is 31.3 Å². The van der Waals surface area contributed by atoms with Crippen LogP contribution >= 0.6 is 15.9 Å². The number of halogens is 1. The average molecular weight is 258 g/mol. The maximum Gasteiger partial charge on any atom is 0.192 e. The van der Waals surface area contributed by atoms with Crippen LogP contribution < -0.4 is 5.32 Å². The van der Waals surface area contributed by atoms with Gasteiger partial charge in [-0.1, -0.05) is 28.1 Å². The molecule has 0 aliphatic carbocycles. The molecule has 0 saturated carbocycles. The fourth-order valence-corrected chi connectivity index (χ4v) is 1.36. The molecular formula is C10H12BrNO2. The lowest BCUT2D eigenvalue weighted by molar-refractivity contribution is 0.0750. The summed E-state index contributed by atoms with van der Waals surface area (Å²) in [4.78, 5) is 11.5. The number of rotatable bonds is 4. The second-order valence-electron chi connectivity index (χ2n) is 2.94. The van der Waals surface area contributed by atoms with Gasteiger partial charge in [-0.3, -0.25) is 4.79 Å². The average Bonchev–Trinajstić information content (AvgIpc) is 2.18. The van der Waals surface area contributed by atoms with Gasteiger partial charge in [-0.2, -0.15) is 0 Å². The van der Waals surface area contributed by atoms with Crippen molar-refractivity contribution in [2.75, 3.05) is 13.6 Å². The third-order valence-corrected chi connectivity index (χ3v) is 2.36. The van der Waals surface area contributed by atoms with Crippen LogP contribution in [0, 0.1) is 0 Å². The van der Waals surface area contributed by atoms with Crippen LogP contribution in [-0.2, 0) is 0 Å². The van der Waals surface area contributed by atoms with Crippen LogP contribution in [-0.4, -0.2) is 30.6 Å². The Labute approximate surface area is 91.3 Å². The van der Waals surface area contributed by atoms with Crippen LogP contribution in [0.15, 0.2) is 28.7 Å². The highest BCUT2D eigenvalue weighted by molar-refractivity contribution is 9.10. The second kappa shape index (κ2) is 5.24. The molecule has 0 aliphatic rings. The summed E-state index contributed by atoms with van der Waals surface area (Å²) in [6.45, 7) is 0.273. The predicted octanol–water partition coefficient (Wildman–Crippen LogP) is 1.21. The number of ketones is 1. The lowest BCUT2D eigenvalue weighted by atomic mass is 10.1. The van der Waals surface area contributed by atoms with E-state index in [-0.39, 0.29) is 12.3 Å². The molecule has 3 nitrogen and oxygen atoms in total. The van der Waals surface area contributed by atoms with Gasteiger partial charge in [-0.15, -0.1) is 0 Å². The highest BCUT2D eigenvalue weighted by Gasteiger charge is 2.15. The number of hydrogen-bond acceptors (Lipinski definition) is 3. The van der Waals surface area contributed by atoms with Gasteiger partial charge >= 0.3 is 0 Å². The Morgan fingerprint density at radius 2 is 2.07 bits per heavy atom. The summed E-state index contributed by atoms with van der Waals surface area (Å²) in [6.07, 6.45) is -0.971. The molecule has 1 aromatic carbocycles. The van der Waals surface area contributed by atoms with Crippen molar-refractivity contribution in [3.8, 4) is 0 Å². The summed E-state index contributed by atoms with van der Waals surface area (Å²) < 4.78 is 0.914. The minimum absolute atomic E-state index is 0.258. The van der Waals surface area contributed by atoms with Gasteiger partial charge in [0, 0.05) is 16.6 Å². The number of carbonyl (C=O) groups is 1. The molecule has 0 spiro atoms. The van der Waals surface area contributed by atoms with E-state index in [0.717, 1.165) is 4.47 Å². The van der Waals surface area contributed by atoms with Crippen LogP contribution in [0.2, 0.25) is 0 Å². The summed E-state index contributed by atoms with van der Waals surface area (Å²) in [5, 5.41) is 12.2. The maximum atomic E-state index is 11.5. The number of carbonyl (C=O) groups excluding carboxylic acids is 1. The molecule has 76 valence electrons. The van der Waals surface area contributed by atoms with Crippen molar-refractivity contribution < 1.29 is 9.90 Å². The molecular weight excluding hydrogens is 246 g/mol. The topological polar surface area (TPSA) is 49.3 Å². The molecule has 0 aromatic heterocycles. The fourth-order valence-electron chi connectivity index (χ4n) is 1.09. The molecule has 0 bridgehead atoms. The second-order valence-corrected chi connectivity index (χ2v) is 3.86. The maximum absolute atomic E-state index is 11.5. The summed E-state index contributed by atoms with van der Waals surface area (Å²) in [5.74, 6) is -0.258. The molecule has 0 amide bonds. The molecule has 1 aromatic rings. The summed E-state index contributed by atoms with van der Waals surface area (Å²) >= 11 is 3.28. The van der Waals surface area contributed by atoms with E-state index in [4.69, 9.17) is 0 Å². The quantitative estimate of drug-likeness (QED) is 0.798. The van der Waals surface area contributed by atoms with Crippen LogP contribution in [0.3, 0.4) is 0 Å². The number of Topliss-reactive ketones (excluding diaryl/α,β-unsaturated/α-hetero) is 1. The van der Waals surface area contributed by atoms with Crippen molar-refractivity contribution >= 4 is 21.7 Å². The lowest BCUT2D eigenvalue weighted by Crippen LogP contribution is -2.31. The van der Waals surface area contributed by atoms with Gasteiger partial charge in [0.25, 0.3) is 0 Å². The first-order chi connectivity index (χ1) is 6.65. The standard InChI is InChI=1S/C10H12BrNO2/c1-12-6-9(13)10(14)7-2-4-8(11)5-3-7/h2-5,9,12-13H,6H2,1H3. The molecule has 0 saturated heterocycles. The molecule has 4 heteroatoms. The third-order valence-electron chi connectivity index (χ3n) is 1.83. The van der Waals surface area contributed by atoms with Gasteiger partial charge in [0.2, 0.25) is 0 Å². The molecule has 2 N–H and O–H groups in total. The Morgan fingerprint density at radius 1 is 1.50 bits per heavy atom. The van der Waals surface area contributed by atoms with Crippen molar-refractivity contribution in [2.45, 2.75) is 6.10 Å². The molecule has 1 atom stereocenters. The third kappa shape index (κ3) is 2.90. The first-order valence-corrected chi connectivity index (χ1v) is 5.07. The molecule has 0 fully saturated rings.